The molecule has 1 aromatic heterocycles. The molecule has 1 aliphatic heterocycles. The van der Waals surface area contributed by atoms with Gasteiger partial charge in [-0.05, 0) is 24.2 Å². The van der Waals surface area contributed by atoms with Crippen LogP contribution in [0.3, 0.4) is 0 Å². The van der Waals surface area contributed by atoms with Crippen LogP contribution in [0.4, 0.5) is 0 Å². The molecule has 96 valence electrons. The minimum Gasteiger partial charge on any atom is -0.301 e. The van der Waals surface area contributed by atoms with Crippen LogP contribution in [0.15, 0.2) is 18.2 Å². The van der Waals surface area contributed by atoms with E-state index >= 15 is 0 Å². The minimum absolute atomic E-state index is 1.01. The lowest BCUT2D eigenvalue weighted by Gasteiger charge is -2.34. The summed E-state index contributed by atoms with van der Waals surface area (Å²) in [5, 5.41) is 0. The van der Waals surface area contributed by atoms with Crippen LogP contribution >= 0.6 is 11.7 Å². The van der Waals surface area contributed by atoms with Crippen LogP contribution in [0.5, 0.6) is 0 Å². The summed E-state index contributed by atoms with van der Waals surface area (Å²) in [4.78, 5) is 5.02. The molecule has 0 spiro atoms. The highest BCUT2D eigenvalue weighted by Gasteiger charge is 2.15. The fourth-order valence-electron chi connectivity index (χ4n) is 2.45. The number of aromatic nitrogens is 2. The molecule has 0 amide bonds. The van der Waals surface area contributed by atoms with Gasteiger partial charge < -0.3 is 4.90 Å². The molecule has 0 N–H and O–H groups in total. The van der Waals surface area contributed by atoms with Crippen LogP contribution in [-0.2, 0) is 6.54 Å². The lowest BCUT2D eigenvalue weighted by atomic mass is 10.1. The van der Waals surface area contributed by atoms with Gasteiger partial charge in [-0.15, -0.1) is 0 Å². The second-order valence-electron chi connectivity index (χ2n) is 4.80. The molecule has 4 nitrogen and oxygen atoms in total. The first-order valence-corrected chi connectivity index (χ1v) is 7.24. The van der Waals surface area contributed by atoms with Crippen molar-refractivity contribution in [3.05, 3.63) is 23.8 Å². The van der Waals surface area contributed by atoms with E-state index in [9.17, 15) is 0 Å². The SMILES string of the molecule is CCN1CCN(Cc2ccc3nsnc3c2)CC1. The van der Waals surface area contributed by atoms with Crippen molar-refractivity contribution in [3.63, 3.8) is 0 Å². The molecule has 0 unspecified atom stereocenters. The van der Waals surface area contributed by atoms with Crippen molar-refractivity contribution < 1.29 is 0 Å². The predicted molar refractivity (Wildman–Crippen MR) is 74.8 cm³/mol. The van der Waals surface area contributed by atoms with Gasteiger partial charge in [-0.2, -0.15) is 8.75 Å². The van der Waals surface area contributed by atoms with Crippen LogP contribution in [-0.4, -0.2) is 51.3 Å². The predicted octanol–water partition coefficient (Wildman–Crippen LogP) is 1.83. The van der Waals surface area contributed by atoms with E-state index in [1.54, 1.807) is 0 Å². The molecule has 0 atom stereocenters. The van der Waals surface area contributed by atoms with Crippen molar-refractivity contribution in [2.24, 2.45) is 0 Å². The molecule has 3 rings (SSSR count). The quantitative estimate of drug-likeness (QED) is 0.845. The van der Waals surface area contributed by atoms with Gasteiger partial charge in [0.25, 0.3) is 0 Å². The zero-order chi connectivity index (χ0) is 12.4. The van der Waals surface area contributed by atoms with Gasteiger partial charge in [-0.1, -0.05) is 13.0 Å². The molecule has 2 aromatic rings. The Hall–Kier alpha value is -1.04. The average Bonchev–Trinajstić information content (AvgIpc) is 2.87. The zero-order valence-electron chi connectivity index (χ0n) is 10.7. The Morgan fingerprint density at radius 3 is 2.56 bits per heavy atom. The summed E-state index contributed by atoms with van der Waals surface area (Å²) >= 11 is 1.29. The molecule has 1 aromatic carbocycles. The number of nitrogens with zero attached hydrogens (tertiary/aromatic N) is 4. The van der Waals surface area contributed by atoms with Gasteiger partial charge in [0.05, 0.1) is 11.7 Å². The van der Waals surface area contributed by atoms with E-state index in [1.807, 2.05) is 0 Å². The lowest BCUT2D eigenvalue weighted by Crippen LogP contribution is -2.45. The van der Waals surface area contributed by atoms with Gasteiger partial charge in [0.2, 0.25) is 0 Å². The van der Waals surface area contributed by atoms with E-state index in [0.717, 1.165) is 17.6 Å². The van der Waals surface area contributed by atoms with Crippen molar-refractivity contribution in [2.75, 3.05) is 32.7 Å². The number of benzene rings is 1. The summed E-state index contributed by atoms with van der Waals surface area (Å²) in [5.41, 5.74) is 3.39. The summed E-state index contributed by atoms with van der Waals surface area (Å²) < 4.78 is 8.54. The third-order valence-corrected chi connectivity index (χ3v) is 4.19. The Kier molecular flexibility index (Phi) is 3.54. The molecule has 0 aliphatic carbocycles. The molecule has 1 saturated heterocycles. The highest BCUT2D eigenvalue weighted by Crippen LogP contribution is 2.15. The zero-order valence-corrected chi connectivity index (χ0v) is 11.5. The number of hydrogen-bond donors (Lipinski definition) is 0. The number of piperazine rings is 1. The Labute approximate surface area is 112 Å². The van der Waals surface area contributed by atoms with Crippen molar-refractivity contribution >= 4 is 22.8 Å². The Morgan fingerprint density at radius 2 is 1.78 bits per heavy atom. The van der Waals surface area contributed by atoms with Gasteiger partial charge in [-0.3, -0.25) is 4.90 Å². The highest BCUT2D eigenvalue weighted by molar-refractivity contribution is 7.00. The van der Waals surface area contributed by atoms with Crippen molar-refractivity contribution in [1.82, 2.24) is 18.5 Å². The maximum Gasteiger partial charge on any atom is 0.105 e. The van der Waals surface area contributed by atoms with Crippen molar-refractivity contribution in [2.45, 2.75) is 13.5 Å². The highest BCUT2D eigenvalue weighted by atomic mass is 32.1. The number of hydrogen-bond acceptors (Lipinski definition) is 5. The van der Waals surface area contributed by atoms with Crippen molar-refractivity contribution in [3.8, 4) is 0 Å². The first-order valence-electron chi connectivity index (χ1n) is 6.51. The number of fused-ring (bicyclic) bond motifs is 1. The second kappa shape index (κ2) is 5.30. The summed E-state index contributed by atoms with van der Waals surface area (Å²) in [6.45, 7) is 9.16. The molecule has 18 heavy (non-hydrogen) atoms. The molecule has 0 bridgehead atoms. The maximum absolute atomic E-state index is 4.30. The first kappa shape index (κ1) is 12.0. The van der Waals surface area contributed by atoms with E-state index in [0.29, 0.717) is 0 Å². The fourth-order valence-corrected chi connectivity index (χ4v) is 2.97. The Morgan fingerprint density at radius 1 is 1.06 bits per heavy atom. The monoisotopic (exact) mass is 262 g/mol. The van der Waals surface area contributed by atoms with Crippen LogP contribution in [0, 0.1) is 0 Å². The summed E-state index contributed by atoms with van der Waals surface area (Å²) in [7, 11) is 0. The standard InChI is InChI=1S/C13H18N4S/c1-2-16-5-7-17(8-6-16)10-11-3-4-12-13(9-11)15-18-14-12/h3-4,9H,2,5-8,10H2,1H3. The van der Waals surface area contributed by atoms with E-state index in [4.69, 9.17) is 0 Å². The van der Waals surface area contributed by atoms with Crippen LogP contribution < -0.4 is 0 Å². The maximum atomic E-state index is 4.30. The first-order chi connectivity index (χ1) is 8.85. The van der Waals surface area contributed by atoms with E-state index in [1.165, 1.54) is 50.0 Å². The van der Waals surface area contributed by atoms with Gasteiger partial charge in [0.15, 0.2) is 0 Å². The summed E-state index contributed by atoms with van der Waals surface area (Å²) in [6, 6.07) is 6.43. The topological polar surface area (TPSA) is 32.3 Å². The van der Waals surface area contributed by atoms with Crippen molar-refractivity contribution in [1.29, 1.82) is 0 Å². The molecule has 1 aliphatic rings. The molecule has 0 radical (unpaired) electrons. The molecule has 2 heterocycles. The third-order valence-electron chi connectivity index (χ3n) is 3.64. The Bertz CT molecular complexity index is 516. The summed E-state index contributed by atoms with van der Waals surface area (Å²) in [6.07, 6.45) is 0. The summed E-state index contributed by atoms with van der Waals surface area (Å²) in [5.74, 6) is 0. The Balaban J connectivity index is 1.65. The minimum atomic E-state index is 1.01. The van der Waals surface area contributed by atoms with Gasteiger partial charge >= 0.3 is 0 Å². The van der Waals surface area contributed by atoms with E-state index in [-0.39, 0.29) is 0 Å². The molecule has 5 heteroatoms. The van der Waals surface area contributed by atoms with Crippen LogP contribution in [0.1, 0.15) is 12.5 Å². The number of rotatable bonds is 3. The molecule has 1 fully saturated rings. The smallest absolute Gasteiger partial charge is 0.105 e. The van der Waals surface area contributed by atoms with Crippen LogP contribution in [0.2, 0.25) is 0 Å². The van der Waals surface area contributed by atoms with Gasteiger partial charge in [0.1, 0.15) is 11.0 Å². The molecular weight excluding hydrogens is 244 g/mol. The second-order valence-corrected chi connectivity index (χ2v) is 5.33. The van der Waals surface area contributed by atoms with Gasteiger partial charge in [-0.25, -0.2) is 0 Å². The number of likely N-dealkylation sites (N-methyl/N-ethyl adjacent to an activating group) is 1. The third kappa shape index (κ3) is 2.53. The molecular formula is C13H18N4S. The van der Waals surface area contributed by atoms with E-state index < -0.39 is 0 Å². The fraction of sp³-hybridized carbons (Fsp3) is 0.538. The van der Waals surface area contributed by atoms with Gasteiger partial charge in [0, 0.05) is 32.7 Å². The van der Waals surface area contributed by atoms with Crippen LogP contribution in [0.25, 0.3) is 11.0 Å². The normalized spacial score (nSPS) is 18.5. The molecule has 0 saturated carbocycles. The largest absolute Gasteiger partial charge is 0.301 e. The van der Waals surface area contributed by atoms with E-state index in [2.05, 4.69) is 43.7 Å². The average molecular weight is 262 g/mol. The lowest BCUT2D eigenvalue weighted by molar-refractivity contribution is 0.132.